The first-order valence-corrected chi connectivity index (χ1v) is 6.35. The third kappa shape index (κ3) is 3.33. The van der Waals surface area contributed by atoms with Gasteiger partial charge in [-0.3, -0.25) is 4.79 Å². The van der Waals surface area contributed by atoms with Crippen LogP contribution in [-0.2, 0) is 0 Å². The molecule has 0 heterocycles. The molecule has 0 spiro atoms. The van der Waals surface area contributed by atoms with Gasteiger partial charge in [-0.1, -0.05) is 0 Å². The zero-order chi connectivity index (χ0) is 13.0. The van der Waals surface area contributed by atoms with E-state index in [2.05, 4.69) is 0 Å². The van der Waals surface area contributed by atoms with Gasteiger partial charge in [0.25, 0.3) is 5.91 Å². The number of rotatable bonds is 4. The maximum absolute atomic E-state index is 13.0. The minimum atomic E-state index is -1.07. The number of carbonyl (C=O) groups excluding carboxylic acids is 1. The molecule has 1 rings (SSSR count). The Bertz CT molecular complexity index is 426. The van der Waals surface area contributed by atoms with Gasteiger partial charge in [0.15, 0.2) is 11.6 Å². The molecular weight excluding hydrogens is 246 g/mol. The van der Waals surface area contributed by atoms with Crippen molar-refractivity contribution in [3.63, 3.8) is 0 Å². The number of anilines is 1. The van der Waals surface area contributed by atoms with Gasteiger partial charge in [-0.2, -0.15) is 11.8 Å². The highest BCUT2D eigenvalue weighted by atomic mass is 32.2. The Morgan fingerprint density at radius 2 is 2.00 bits per heavy atom. The van der Waals surface area contributed by atoms with Crippen LogP contribution in [0.15, 0.2) is 12.1 Å². The molecule has 1 aromatic carbocycles. The molecule has 0 bridgehead atoms. The molecule has 0 unspecified atom stereocenters. The van der Waals surface area contributed by atoms with Crippen LogP contribution in [-0.4, -0.2) is 36.4 Å². The van der Waals surface area contributed by atoms with Gasteiger partial charge >= 0.3 is 0 Å². The van der Waals surface area contributed by atoms with Gasteiger partial charge in [-0.15, -0.1) is 0 Å². The second-order valence-electron chi connectivity index (χ2n) is 3.57. The first kappa shape index (κ1) is 13.8. The molecule has 0 atom stereocenters. The maximum atomic E-state index is 13.0. The van der Waals surface area contributed by atoms with Crippen molar-refractivity contribution in [1.29, 1.82) is 0 Å². The average Bonchev–Trinajstić information content (AvgIpc) is 2.29. The Balaban J connectivity index is 2.92. The van der Waals surface area contributed by atoms with Crippen LogP contribution in [0.3, 0.4) is 0 Å². The number of amides is 1. The predicted molar refractivity (Wildman–Crippen MR) is 66.1 cm³/mol. The molecule has 0 saturated carbocycles. The Labute approximate surface area is 103 Å². The molecule has 1 aromatic rings. The summed E-state index contributed by atoms with van der Waals surface area (Å²) >= 11 is 1.59. The molecule has 0 fully saturated rings. The number of halogens is 2. The number of thioether (sulfide) groups is 1. The van der Waals surface area contributed by atoms with E-state index in [4.69, 9.17) is 5.73 Å². The molecule has 3 nitrogen and oxygen atoms in total. The summed E-state index contributed by atoms with van der Waals surface area (Å²) in [5.74, 6) is -1.76. The molecule has 0 aromatic heterocycles. The van der Waals surface area contributed by atoms with E-state index >= 15 is 0 Å². The van der Waals surface area contributed by atoms with Crippen molar-refractivity contribution in [3.8, 4) is 0 Å². The lowest BCUT2D eigenvalue weighted by molar-refractivity contribution is 0.0804. The van der Waals surface area contributed by atoms with E-state index in [9.17, 15) is 13.6 Å². The van der Waals surface area contributed by atoms with Crippen LogP contribution in [0.1, 0.15) is 10.4 Å². The van der Waals surface area contributed by atoms with Gasteiger partial charge in [0, 0.05) is 31.1 Å². The summed E-state index contributed by atoms with van der Waals surface area (Å²) < 4.78 is 25.9. The summed E-state index contributed by atoms with van der Waals surface area (Å²) in [6.45, 7) is 0.526. The van der Waals surface area contributed by atoms with E-state index in [0.717, 1.165) is 17.9 Å². The summed E-state index contributed by atoms with van der Waals surface area (Å²) in [6, 6.07) is 1.66. The second kappa shape index (κ2) is 5.86. The third-order valence-electron chi connectivity index (χ3n) is 2.30. The van der Waals surface area contributed by atoms with E-state index in [1.807, 2.05) is 6.26 Å². The smallest absolute Gasteiger partial charge is 0.255 e. The summed E-state index contributed by atoms with van der Waals surface area (Å²) in [4.78, 5) is 13.3. The molecule has 0 aliphatic rings. The summed E-state index contributed by atoms with van der Waals surface area (Å²) in [5.41, 5.74) is 5.44. The quantitative estimate of drug-likeness (QED) is 0.842. The topological polar surface area (TPSA) is 46.3 Å². The monoisotopic (exact) mass is 260 g/mol. The van der Waals surface area contributed by atoms with Gasteiger partial charge in [0.1, 0.15) is 0 Å². The fourth-order valence-corrected chi connectivity index (χ4v) is 1.74. The number of carbonyl (C=O) groups is 1. The van der Waals surface area contributed by atoms with Crippen molar-refractivity contribution < 1.29 is 13.6 Å². The Hall–Kier alpha value is -1.30. The SMILES string of the molecule is CSCCN(C)C(=O)c1cc(F)c(F)cc1N. The lowest BCUT2D eigenvalue weighted by Gasteiger charge is -2.17. The lowest BCUT2D eigenvalue weighted by Crippen LogP contribution is -2.29. The van der Waals surface area contributed by atoms with Crippen molar-refractivity contribution in [2.24, 2.45) is 0 Å². The van der Waals surface area contributed by atoms with E-state index in [1.165, 1.54) is 4.90 Å². The Kier molecular flexibility index (Phi) is 4.74. The first-order valence-electron chi connectivity index (χ1n) is 4.96. The zero-order valence-corrected chi connectivity index (χ0v) is 10.5. The van der Waals surface area contributed by atoms with Gasteiger partial charge in [-0.25, -0.2) is 8.78 Å². The fourth-order valence-electron chi connectivity index (χ4n) is 1.28. The summed E-state index contributed by atoms with van der Waals surface area (Å²) in [7, 11) is 1.60. The molecule has 6 heteroatoms. The van der Waals surface area contributed by atoms with Crippen molar-refractivity contribution in [3.05, 3.63) is 29.3 Å². The third-order valence-corrected chi connectivity index (χ3v) is 2.89. The molecule has 17 heavy (non-hydrogen) atoms. The van der Waals surface area contributed by atoms with Crippen molar-refractivity contribution in [1.82, 2.24) is 4.90 Å². The number of nitrogens with two attached hydrogens (primary N) is 1. The highest BCUT2D eigenvalue weighted by molar-refractivity contribution is 7.98. The Morgan fingerprint density at radius 3 is 2.59 bits per heavy atom. The highest BCUT2D eigenvalue weighted by Gasteiger charge is 2.17. The minimum absolute atomic E-state index is 0.00694. The van der Waals surface area contributed by atoms with Gasteiger partial charge in [0.05, 0.1) is 5.56 Å². The minimum Gasteiger partial charge on any atom is -0.398 e. The number of hydrogen-bond acceptors (Lipinski definition) is 3. The average molecular weight is 260 g/mol. The van der Waals surface area contributed by atoms with Crippen LogP contribution >= 0.6 is 11.8 Å². The van der Waals surface area contributed by atoms with Crippen LogP contribution in [0.2, 0.25) is 0 Å². The van der Waals surface area contributed by atoms with Gasteiger partial charge < -0.3 is 10.6 Å². The number of nitrogens with zero attached hydrogens (tertiary/aromatic N) is 1. The van der Waals surface area contributed by atoms with Crippen LogP contribution in [0.25, 0.3) is 0 Å². The fraction of sp³-hybridized carbons (Fsp3) is 0.364. The van der Waals surface area contributed by atoms with Gasteiger partial charge in [-0.05, 0) is 12.3 Å². The van der Waals surface area contributed by atoms with E-state index in [-0.39, 0.29) is 11.3 Å². The molecule has 0 aliphatic carbocycles. The first-order chi connectivity index (χ1) is 7.97. The molecule has 1 amide bonds. The normalized spacial score (nSPS) is 10.4. The predicted octanol–water partition coefficient (Wildman–Crippen LogP) is 1.98. The standard InChI is InChI=1S/C11H14F2N2OS/c1-15(3-4-17-2)11(16)7-5-8(12)9(13)6-10(7)14/h5-6H,3-4,14H2,1-2H3. The van der Waals surface area contributed by atoms with Crippen LogP contribution in [0.4, 0.5) is 14.5 Å². The highest BCUT2D eigenvalue weighted by Crippen LogP contribution is 2.18. The zero-order valence-electron chi connectivity index (χ0n) is 9.67. The molecule has 0 saturated heterocycles. The molecule has 0 aliphatic heterocycles. The molecule has 94 valence electrons. The van der Waals surface area contributed by atoms with E-state index in [0.29, 0.717) is 6.54 Å². The van der Waals surface area contributed by atoms with Crippen LogP contribution < -0.4 is 5.73 Å². The van der Waals surface area contributed by atoms with Crippen LogP contribution in [0, 0.1) is 11.6 Å². The molecular formula is C11H14F2N2OS. The number of hydrogen-bond donors (Lipinski definition) is 1. The van der Waals surface area contributed by atoms with Crippen molar-refractivity contribution >= 4 is 23.4 Å². The lowest BCUT2D eigenvalue weighted by atomic mass is 10.1. The Morgan fingerprint density at radius 1 is 1.41 bits per heavy atom. The summed E-state index contributed by atoms with van der Waals surface area (Å²) in [5, 5.41) is 0. The number of nitrogen functional groups attached to an aromatic ring is 1. The molecule has 0 radical (unpaired) electrons. The van der Waals surface area contributed by atoms with Crippen molar-refractivity contribution in [2.75, 3.05) is 31.3 Å². The van der Waals surface area contributed by atoms with Crippen molar-refractivity contribution in [2.45, 2.75) is 0 Å². The largest absolute Gasteiger partial charge is 0.398 e. The maximum Gasteiger partial charge on any atom is 0.255 e. The van der Waals surface area contributed by atoms with E-state index < -0.39 is 17.5 Å². The van der Waals surface area contributed by atoms with E-state index in [1.54, 1.807) is 18.8 Å². The second-order valence-corrected chi connectivity index (χ2v) is 4.56. The van der Waals surface area contributed by atoms with Gasteiger partial charge in [0.2, 0.25) is 0 Å². The molecule has 2 N–H and O–H groups in total. The number of benzene rings is 1. The van der Waals surface area contributed by atoms with Crippen LogP contribution in [0.5, 0.6) is 0 Å². The summed E-state index contributed by atoms with van der Waals surface area (Å²) in [6.07, 6.45) is 1.92.